The van der Waals surface area contributed by atoms with Crippen LogP contribution in [0.25, 0.3) is 0 Å². The topological polar surface area (TPSA) is 77.1 Å². The van der Waals surface area contributed by atoms with Crippen LogP contribution in [0, 0.1) is 0 Å². The highest BCUT2D eigenvalue weighted by atomic mass is 28.3. The van der Waals surface area contributed by atoms with Crippen molar-refractivity contribution in [1.29, 1.82) is 0 Å². The summed E-state index contributed by atoms with van der Waals surface area (Å²) in [7, 11) is -1.44. The van der Waals surface area contributed by atoms with Gasteiger partial charge >= 0.3 is 12.1 Å². The predicted molar refractivity (Wildman–Crippen MR) is 94.7 cm³/mol. The van der Waals surface area contributed by atoms with Crippen molar-refractivity contribution in [2.24, 2.45) is 0 Å². The van der Waals surface area contributed by atoms with E-state index in [-0.39, 0.29) is 5.97 Å². The van der Waals surface area contributed by atoms with Crippen LogP contribution in [0.3, 0.4) is 0 Å². The highest BCUT2D eigenvalue weighted by molar-refractivity contribution is 6.76. The van der Waals surface area contributed by atoms with E-state index in [2.05, 4.69) is 25.0 Å². The first-order valence-electron chi connectivity index (χ1n) is 8.43. The van der Waals surface area contributed by atoms with Crippen LogP contribution < -0.4 is 5.32 Å². The van der Waals surface area contributed by atoms with Gasteiger partial charge in [-0.15, -0.1) is 0 Å². The third-order valence-electron chi connectivity index (χ3n) is 3.23. The molecule has 1 rings (SSSR count). The molecule has 0 unspecified atom stereocenters. The van der Waals surface area contributed by atoms with Crippen molar-refractivity contribution in [2.45, 2.75) is 52.1 Å². The van der Waals surface area contributed by atoms with Crippen LogP contribution in [-0.2, 0) is 19.0 Å². The zero-order chi connectivity index (χ0) is 18.4. The van der Waals surface area contributed by atoms with Gasteiger partial charge in [-0.3, -0.25) is 9.69 Å². The van der Waals surface area contributed by atoms with Crippen LogP contribution in [0.2, 0.25) is 19.6 Å². The molecule has 1 amide bonds. The number of carbonyl (C=O) groups is 2. The second kappa shape index (κ2) is 8.82. The number of alkyl carbamates (subject to hydrolysis) is 1. The minimum atomic E-state index is -1.44. The average molecular weight is 361 g/mol. The van der Waals surface area contributed by atoms with Crippen LogP contribution in [0.5, 0.6) is 0 Å². The molecule has 0 aromatic heterocycles. The second-order valence-electron chi connectivity index (χ2n) is 8.22. The normalized spacial score (nSPS) is 19.7. The summed E-state index contributed by atoms with van der Waals surface area (Å²) in [5.41, 5.74) is -0.522. The molecule has 0 aromatic rings. The molecule has 24 heavy (non-hydrogen) atoms. The molecule has 1 fully saturated rings. The maximum Gasteiger partial charge on any atom is 0.407 e. The van der Waals surface area contributed by atoms with E-state index < -0.39 is 25.8 Å². The molecule has 0 spiro atoms. The van der Waals surface area contributed by atoms with Crippen LogP contribution in [0.4, 0.5) is 4.79 Å². The lowest BCUT2D eigenvalue weighted by Gasteiger charge is -2.34. The van der Waals surface area contributed by atoms with Gasteiger partial charge in [0.2, 0.25) is 0 Å². The first-order valence-corrected chi connectivity index (χ1v) is 12.1. The van der Waals surface area contributed by atoms with Crippen molar-refractivity contribution in [1.82, 2.24) is 10.2 Å². The van der Waals surface area contributed by atoms with E-state index >= 15 is 0 Å². The number of morpholine rings is 1. The lowest BCUT2D eigenvalue weighted by atomic mass is 10.2. The average Bonchev–Trinajstić information content (AvgIpc) is 2.42. The Bertz CT molecular complexity index is 431. The Morgan fingerprint density at radius 3 is 2.54 bits per heavy atom. The molecule has 140 valence electrons. The number of nitrogens with zero attached hydrogens (tertiary/aromatic N) is 1. The maximum atomic E-state index is 12.3. The monoisotopic (exact) mass is 360 g/mol. The summed E-state index contributed by atoms with van der Waals surface area (Å²) in [4.78, 5) is 26.0. The van der Waals surface area contributed by atoms with Gasteiger partial charge in [0.1, 0.15) is 11.6 Å². The Kier molecular flexibility index (Phi) is 7.69. The van der Waals surface area contributed by atoms with Crippen LogP contribution in [0.15, 0.2) is 0 Å². The predicted octanol–water partition coefficient (Wildman–Crippen LogP) is 1.63. The van der Waals surface area contributed by atoms with Crippen LogP contribution in [-0.4, -0.2) is 75.8 Å². The third-order valence-corrected chi connectivity index (χ3v) is 4.24. The Morgan fingerprint density at radius 2 is 1.96 bits per heavy atom. The number of amides is 1. The first-order chi connectivity index (χ1) is 11.0. The summed E-state index contributed by atoms with van der Waals surface area (Å²) in [6, 6.07) is -0.407. The minimum absolute atomic E-state index is 0.241. The van der Waals surface area contributed by atoms with Crippen LogP contribution >= 0.6 is 0 Å². The Hall–Kier alpha value is -1.12. The SMILES string of the molecule is CC(C)(C)OC(=O)NCCN1CCOC[C@H]1C(=O)OC[Si](C)(C)C. The van der Waals surface area contributed by atoms with E-state index in [1.54, 1.807) is 0 Å². The van der Waals surface area contributed by atoms with Crippen molar-refractivity contribution in [3.05, 3.63) is 0 Å². The molecule has 1 saturated heterocycles. The van der Waals surface area contributed by atoms with Gasteiger partial charge in [-0.05, 0) is 20.8 Å². The van der Waals surface area contributed by atoms with Gasteiger partial charge in [-0.1, -0.05) is 19.6 Å². The van der Waals surface area contributed by atoms with E-state index in [1.165, 1.54) is 0 Å². The van der Waals surface area contributed by atoms with Crippen molar-refractivity contribution in [3.63, 3.8) is 0 Å². The molecule has 1 heterocycles. The summed E-state index contributed by atoms with van der Waals surface area (Å²) in [6.45, 7) is 14.4. The first kappa shape index (κ1) is 20.9. The number of rotatable bonds is 6. The number of carbonyl (C=O) groups excluding carboxylic acids is 2. The van der Waals surface area contributed by atoms with E-state index in [0.717, 1.165) is 0 Å². The Morgan fingerprint density at radius 1 is 1.29 bits per heavy atom. The molecule has 7 nitrogen and oxygen atoms in total. The summed E-state index contributed by atoms with van der Waals surface area (Å²) < 4.78 is 16.1. The largest absolute Gasteiger partial charge is 0.468 e. The Balaban J connectivity index is 2.43. The second-order valence-corrected chi connectivity index (χ2v) is 13.6. The molecule has 0 aliphatic carbocycles. The standard InChI is InChI=1S/C16H32N2O5Si/c1-16(2,3)23-15(20)17-7-8-18-9-10-21-11-13(18)14(19)22-12-24(4,5)6/h13H,7-12H2,1-6H3,(H,17,20)/t13-/m0/s1. The molecule has 0 saturated carbocycles. The van der Waals surface area contributed by atoms with Gasteiger partial charge in [0, 0.05) is 19.6 Å². The number of hydrogen-bond donors (Lipinski definition) is 1. The molecule has 0 radical (unpaired) electrons. The smallest absolute Gasteiger partial charge is 0.407 e. The van der Waals surface area contributed by atoms with Crippen LogP contribution in [0.1, 0.15) is 20.8 Å². The zero-order valence-corrected chi connectivity index (χ0v) is 16.8. The number of esters is 1. The number of ether oxygens (including phenoxy) is 3. The van der Waals surface area contributed by atoms with Crippen molar-refractivity contribution in [3.8, 4) is 0 Å². The Labute approximate surface area is 146 Å². The van der Waals surface area contributed by atoms with E-state index in [1.807, 2.05) is 25.7 Å². The maximum absolute atomic E-state index is 12.3. The lowest BCUT2D eigenvalue weighted by molar-refractivity contribution is -0.154. The van der Waals surface area contributed by atoms with Crippen molar-refractivity contribution >= 4 is 20.1 Å². The van der Waals surface area contributed by atoms with E-state index in [4.69, 9.17) is 14.2 Å². The van der Waals surface area contributed by atoms with Gasteiger partial charge in [-0.2, -0.15) is 0 Å². The van der Waals surface area contributed by atoms with Gasteiger partial charge < -0.3 is 19.5 Å². The number of hydrogen-bond acceptors (Lipinski definition) is 6. The molecule has 1 N–H and O–H groups in total. The van der Waals surface area contributed by atoms with Gasteiger partial charge in [0.15, 0.2) is 0 Å². The summed E-state index contributed by atoms with van der Waals surface area (Å²) in [5, 5.41) is 2.71. The summed E-state index contributed by atoms with van der Waals surface area (Å²) in [6.07, 6.45) is 0.0559. The van der Waals surface area contributed by atoms with E-state index in [0.29, 0.717) is 39.1 Å². The number of nitrogens with one attached hydrogen (secondary N) is 1. The van der Waals surface area contributed by atoms with Gasteiger partial charge in [-0.25, -0.2) is 4.79 Å². The van der Waals surface area contributed by atoms with Gasteiger partial charge in [0.25, 0.3) is 0 Å². The molecule has 8 heteroatoms. The molecular formula is C16H32N2O5Si. The van der Waals surface area contributed by atoms with E-state index in [9.17, 15) is 9.59 Å². The highest BCUT2D eigenvalue weighted by Gasteiger charge is 2.31. The lowest BCUT2D eigenvalue weighted by Crippen LogP contribution is -2.53. The minimum Gasteiger partial charge on any atom is -0.468 e. The fourth-order valence-electron chi connectivity index (χ4n) is 2.12. The highest BCUT2D eigenvalue weighted by Crippen LogP contribution is 2.10. The van der Waals surface area contributed by atoms with Gasteiger partial charge in [0.05, 0.1) is 27.5 Å². The third kappa shape index (κ3) is 8.65. The fourth-order valence-corrected chi connectivity index (χ4v) is 2.70. The van der Waals surface area contributed by atoms with Crippen molar-refractivity contribution < 1.29 is 23.8 Å². The molecule has 0 aromatic carbocycles. The summed E-state index contributed by atoms with van der Waals surface area (Å²) in [5.74, 6) is -0.241. The van der Waals surface area contributed by atoms with Crippen molar-refractivity contribution in [2.75, 3.05) is 39.1 Å². The fraction of sp³-hybridized carbons (Fsp3) is 0.875. The quantitative estimate of drug-likeness (QED) is 0.573. The molecular weight excluding hydrogens is 328 g/mol. The molecule has 1 aliphatic heterocycles. The molecule has 1 atom stereocenters. The zero-order valence-electron chi connectivity index (χ0n) is 15.8. The molecule has 1 aliphatic rings. The molecule has 0 bridgehead atoms. The summed E-state index contributed by atoms with van der Waals surface area (Å²) >= 11 is 0.